The first-order valence-electron chi connectivity index (χ1n) is 5.96. The maximum atomic E-state index is 12.3. The number of sulfonamides is 1. The Morgan fingerprint density at radius 1 is 1.19 bits per heavy atom. The standard InChI is InChI=1S/C13H13N5O2S/c1-8-5-9(2)17-13(16-8)18-21(19,20)12-4-3-10(7-14)6-11(12)15/h3-6H,15H2,1-2H3,(H,16,17,18). The summed E-state index contributed by atoms with van der Waals surface area (Å²) in [7, 11) is -3.91. The van der Waals surface area contributed by atoms with Crippen LogP contribution in [0.1, 0.15) is 17.0 Å². The average Bonchev–Trinajstić information content (AvgIpc) is 2.36. The van der Waals surface area contributed by atoms with Crippen LogP contribution in [0, 0.1) is 25.2 Å². The topological polar surface area (TPSA) is 122 Å². The van der Waals surface area contributed by atoms with Crippen molar-refractivity contribution in [3.8, 4) is 6.07 Å². The Morgan fingerprint density at radius 2 is 1.81 bits per heavy atom. The van der Waals surface area contributed by atoms with Gasteiger partial charge in [0.05, 0.1) is 17.3 Å². The number of nitrogen functional groups attached to an aromatic ring is 1. The molecule has 0 bridgehead atoms. The highest BCUT2D eigenvalue weighted by molar-refractivity contribution is 7.92. The second-order valence-electron chi connectivity index (χ2n) is 4.44. The van der Waals surface area contributed by atoms with Crippen molar-refractivity contribution < 1.29 is 8.42 Å². The minimum atomic E-state index is -3.91. The van der Waals surface area contributed by atoms with Crippen LogP contribution in [0.2, 0.25) is 0 Å². The number of hydrogen-bond acceptors (Lipinski definition) is 6. The van der Waals surface area contributed by atoms with E-state index in [0.29, 0.717) is 11.4 Å². The summed E-state index contributed by atoms with van der Waals surface area (Å²) in [6.07, 6.45) is 0. The van der Waals surface area contributed by atoms with Crippen molar-refractivity contribution in [1.82, 2.24) is 9.97 Å². The molecule has 0 atom stereocenters. The highest BCUT2D eigenvalue weighted by Crippen LogP contribution is 2.21. The third-order valence-corrected chi connectivity index (χ3v) is 4.04. The van der Waals surface area contributed by atoms with Gasteiger partial charge < -0.3 is 5.73 Å². The fraction of sp³-hybridized carbons (Fsp3) is 0.154. The molecule has 3 N–H and O–H groups in total. The van der Waals surface area contributed by atoms with Crippen LogP contribution in [-0.4, -0.2) is 18.4 Å². The first kappa shape index (κ1) is 14.7. The van der Waals surface area contributed by atoms with Gasteiger partial charge in [0.2, 0.25) is 5.95 Å². The Hall–Kier alpha value is -2.66. The molecule has 0 aliphatic carbocycles. The largest absolute Gasteiger partial charge is 0.398 e. The molecule has 0 unspecified atom stereocenters. The van der Waals surface area contributed by atoms with Crippen LogP contribution in [0.15, 0.2) is 29.2 Å². The molecule has 1 aromatic heterocycles. The minimum Gasteiger partial charge on any atom is -0.398 e. The van der Waals surface area contributed by atoms with Gasteiger partial charge in [-0.1, -0.05) is 0 Å². The number of nitrogens with one attached hydrogen (secondary N) is 1. The van der Waals surface area contributed by atoms with Crippen molar-refractivity contribution in [2.24, 2.45) is 0 Å². The first-order chi connectivity index (χ1) is 9.81. The summed E-state index contributed by atoms with van der Waals surface area (Å²) in [6, 6.07) is 7.58. The number of nitriles is 1. The molecule has 1 aromatic carbocycles. The zero-order chi connectivity index (χ0) is 15.6. The van der Waals surface area contributed by atoms with Gasteiger partial charge in [-0.15, -0.1) is 0 Å². The number of aromatic nitrogens is 2. The predicted octanol–water partition coefficient (Wildman–Crippen LogP) is 1.35. The maximum Gasteiger partial charge on any atom is 0.266 e. The van der Waals surface area contributed by atoms with E-state index in [-0.39, 0.29) is 22.1 Å². The van der Waals surface area contributed by atoms with E-state index in [0.717, 1.165) is 0 Å². The molecule has 1 heterocycles. The van der Waals surface area contributed by atoms with Gasteiger partial charge in [-0.25, -0.2) is 23.1 Å². The third-order valence-electron chi connectivity index (χ3n) is 2.64. The lowest BCUT2D eigenvalue weighted by molar-refractivity contribution is 0.601. The molecule has 0 radical (unpaired) electrons. The van der Waals surface area contributed by atoms with Gasteiger partial charge in [0.15, 0.2) is 0 Å². The van der Waals surface area contributed by atoms with Crippen LogP contribution in [0.3, 0.4) is 0 Å². The molecule has 8 heteroatoms. The van der Waals surface area contributed by atoms with E-state index >= 15 is 0 Å². The van der Waals surface area contributed by atoms with Crippen LogP contribution < -0.4 is 10.5 Å². The molecule has 7 nitrogen and oxygen atoms in total. The van der Waals surface area contributed by atoms with Crippen LogP contribution in [0.4, 0.5) is 11.6 Å². The zero-order valence-electron chi connectivity index (χ0n) is 11.5. The Labute approximate surface area is 122 Å². The van der Waals surface area contributed by atoms with E-state index < -0.39 is 10.0 Å². The van der Waals surface area contributed by atoms with Crippen molar-refractivity contribution in [2.75, 3.05) is 10.5 Å². The molecule has 0 saturated heterocycles. The molecule has 2 aromatic rings. The fourth-order valence-corrected chi connectivity index (χ4v) is 2.87. The molecule has 0 amide bonds. The van der Waals surface area contributed by atoms with Gasteiger partial charge in [0, 0.05) is 11.4 Å². The number of hydrogen-bond donors (Lipinski definition) is 2. The Bertz CT molecular complexity index is 820. The lowest BCUT2D eigenvalue weighted by Gasteiger charge is -2.10. The number of nitrogens with zero attached hydrogens (tertiary/aromatic N) is 3. The molecule has 0 aliphatic heterocycles. The normalized spacial score (nSPS) is 10.9. The molecule has 0 saturated carbocycles. The maximum absolute atomic E-state index is 12.3. The van der Waals surface area contributed by atoms with Gasteiger partial charge in [0.1, 0.15) is 4.90 Å². The average molecular weight is 303 g/mol. The van der Waals surface area contributed by atoms with Crippen LogP contribution in [-0.2, 0) is 10.0 Å². The quantitative estimate of drug-likeness (QED) is 0.825. The van der Waals surface area contributed by atoms with Crippen molar-refractivity contribution in [3.05, 3.63) is 41.2 Å². The van der Waals surface area contributed by atoms with Crippen molar-refractivity contribution in [1.29, 1.82) is 5.26 Å². The Morgan fingerprint density at radius 3 is 2.33 bits per heavy atom. The summed E-state index contributed by atoms with van der Waals surface area (Å²) in [4.78, 5) is 7.91. The number of rotatable bonds is 3. The summed E-state index contributed by atoms with van der Waals surface area (Å²) >= 11 is 0. The molecule has 2 rings (SSSR count). The lowest BCUT2D eigenvalue weighted by Crippen LogP contribution is -2.17. The molecular formula is C13H13N5O2S. The molecule has 0 aliphatic rings. The van der Waals surface area contributed by atoms with Crippen LogP contribution in [0.25, 0.3) is 0 Å². The summed E-state index contributed by atoms with van der Waals surface area (Å²) in [5.74, 6) is -0.0174. The SMILES string of the molecule is Cc1cc(C)nc(NS(=O)(=O)c2ccc(C#N)cc2N)n1. The Kier molecular flexibility index (Phi) is 3.78. The summed E-state index contributed by atoms with van der Waals surface area (Å²) in [5.41, 5.74) is 7.26. The van der Waals surface area contributed by atoms with Crippen molar-refractivity contribution in [2.45, 2.75) is 18.7 Å². The van der Waals surface area contributed by atoms with Gasteiger partial charge in [-0.2, -0.15) is 5.26 Å². The van der Waals surface area contributed by atoms with E-state index in [1.54, 1.807) is 19.9 Å². The number of benzene rings is 1. The summed E-state index contributed by atoms with van der Waals surface area (Å²) < 4.78 is 26.9. The highest BCUT2D eigenvalue weighted by atomic mass is 32.2. The number of nitrogens with two attached hydrogens (primary N) is 1. The van der Waals surface area contributed by atoms with Crippen molar-refractivity contribution >= 4 is 21.7 Å². The van der Waals surface area contributed by atoms with Crippen LogP contribution >= 0.6 is 0 Å². The zero-order valence-corrected chi connectivity index (χ0v) is 12.3. The fourth-order valence-electron chi connectivity index (χ4n) is 1.81. The van der Waals surface area contributed by atoms with E-state index in [1.807, 2.05) is 6.07 Å². The van der Waals surface area contributed by atoms with Gasteiger partial charge in [0.25, 0.3) is 10.0 Å². The van der Waals surface area contributed by atoms with E-state index in [4.69, 9.17) is 11.0 Å². The van der Waals surface area contributed by atoms with E-state index in [2.05, 4.69) is 14.7 Å². The van der Waals surface area contributed by atoms with E-state index in [9.17, 15) is 8.42 Å². The number of aryl methyl sites for hydroxylation is 2. The predicted molar refractivity (Wildman–Crippen MR) is 77.9 cm³/mol. The second-order valence-corrected chi connectivity index (χ2v) is 6.10. The van der Waals surface area contributed by atoms with Gasteiger partial charge in [-0.3, -0.25) is 0 Å². The minimum absolute atomic E-state index is 0.00840. The Balaban J connectivity index is 2.41. The third kappa shape index (κ3) is 3.27. The lowest BCUT2D eigenvalue weighted by atomic mass is 10.2. The smallest absolute Gasteiger partial charge is 0.266 e. The van der Waals surface area contributed by atoms with Gasteiger partial charge in [-0.05, 0) is 38.1 Å². The number of anilines is 2. The first-order valence-corrected chi connectivity index (χ1v) is 7.45. The monoisotopic (exact) mass is 303 g/mol. The van der Waals surface area contributed by atoms with E-state index in [1.165, 1.54) is 18.2 Å². The summed E-state index contributed by atoms with van der Waals surface area (Å²) in [5, 5.41) is 8.76. The van der Waals surface area contributed by atoms with Crippen LogP contribution in [0.5, 0.6) is 0 Å². The molecule has 108 valence electrons. The second kappa shape index (κ2) is 5.38. The molecule has 0 spiro atoms. The molecule has 0 fully saturated rings. The van der Waals surface area contributed by atoms with Gasteiger partial charge >= 0.3 is 0 Å². The summed E-state index contributed by atoms with van der Waals surface area (Å²) in [6.45, 7) is 3.48. The van der Waals surface area contributed by atoms with Crippen molar-refractivity contribution in [3.63, 3.8) is 0 Å². The highest BCUT2D eigenvalue weighted by Gasteiger charge is 2.19. The molecule has 21 heavy (non-hydrogen) atoms. The molecular weight excluding hydrogens is 290 g/mol.